The maximum absolute atomic E-state index is 11.8. The van der Waals surface area contributed by atoms with E-state index in [1.165, 1.54) is 0 Å². The largest absolute Gasteiger partial charge is 0.396 e. The lowest BCUT2D eigenvalue weighted by Gasteiger charge is -2.27. The molecule has 2 amide bonds. The van der Waals surface area contributed by atoms with Crippen LogP contribution in [0.5, 0.6) is 0 Å². The molecule has 1 aliphatic carbocycles. The van der Waals surface area contributed by atoms with Gasteiger partial charge in [0.25, 0.3) is 0 Å². The van der Waals surface area contributed by atoms with Gasteiger partial charge in [0.2, 0.25) is 0 Å². The molecule has 0 aliphatic heterocycles. The summed E-state index contributed by atoms with van der Waals surface area (Å²) in [6, 6.07) is 5.92. The van der Waals surface area contributed by atoms with Gasteiger partial charge in [0.15, 0.2) is 0 Å². The topological polar surface area (TPSA) is 74.2 Å². The molecule has 1 aromatic rings. The van der Waals surface area contributed by atoms with Crippen LogP contribution in [0.3, 0.4) is 0 Å². The Bertz CT molecular complexity index is 403. The summed E-state index contributed by atoms with van der Waals surface area (Å²) < 4.78 is 0. The predicted molar refractivity (Wildman–Crippen MR) is 77.3 cm³/mol. The van der Waals surface area contributed by atoms with E-state index < -0.39 is 0 Å². The van der Waals surface area contributed by atoms with Gasteiger partial charge in [-0.2, -0.15) is 0 Å². The van der Waals surface area contributed by atoms with Gasteiger partial charge in [0.1, 0.15) is 0 Å². The van der Waals surface area contributed by atoms with Crippen molar-refractivity contribution in [2.24, 2.45) is 5.92 Å². The van der Waals surface area contributed by atoms with E-state index in [-0.39, 0.29) is 18.7 Å². The van der Waals surface area contributed by atoms with Crippen molar-refractivity contribution in [1.82, 2.24) is 15.6 Å². The van der Waals surface area contributed by atoms with E-state index in [2.05, 4.69) is 15.6 Å². The molecule has 0 radical (unpaired) electrons. The highest BCUT2D eigenvalue weighted by molar-refractivity contribution is 5.74. The number of aromatic nitrogens is 1. The fraction of sp³-hybridized carbons (Fsp3) is 0.600. The van der Waals surface area contributed by atoms with E-state index in [0.29, 0.717) is 12.5 Å². The molecule has 0 atom stereocenters. The highest BCUT2D eigenvalue weighted by atomic mass is 16.3. The molecule has 1 aromatic heterocycles. The number of pyridine rings is 1. The molecule has 0 bridgehead atoms. The number of aliphatic hydroxyl groups excluding tert-OH is 1. The number of hydrogen-bond donors (Lipinski definition) is 3. The van der Waals surface area contributed by atoms with Crippen LogP contribution in [0.25, 0.3) is 0 Å². The second kappa shape index (κ2) is 7.85. The molecule has 1 fully saturated rings. The summed E-state index contributed by atoms with van der Waals surface area (Å²) in [7, 11) is 0. The van der Waals surface area contributed by atoms with Crippen LogP contribution in [0, 0.1) is 5.92 Å². The van der Waals surface area contributed by atoms with Gasteiger partial charge in [-0.1, -0.05) is 6.07 Å². The third-order valence-corrected chi connectivity index (χ3v) is 3.83. The zero-order valence-electron chi connectivity index (χ0n) is 11.7. The molecule has 1 saturated carbocycles. The Morgan fingerprint density at radius 3 is 2.75 bits per heavy atom. The Hall–Kier alpha value is -1.62. The lowest BCUT2D eigenvalue weighted by atomic mass is 9.87. The highest BCUT2D eigenvalue weighted by Gasteiger charge is 2.21. The second-order valence-electron chi connectivity index (χ2n) is 5.37. The van der Waals surface area contributed by atoms with Crippen molar-refractivity contribution in [1.29, 1.82) is 0 Å². The molecule has 2 rings (SSSR count). The average molecular weight is 277 g/mol. The van der Waals surface area contributed by atoms with E-state index in [1.807, 2.05) is 18.2 Å². The highest BCUT2D eigenvalue weighted by Crippen LogP contribution is 2.23. The summed E-state index contributed by atoms with van der Waals surface area (Å²) in [5.41, 5.74) is 0.983. The Kier molecular flexibility index (Phi) is 5.80. The fourth-order valence-electron chi connectivity index (χ4n) is 2.58. The lowest BCUT2D eigenvalue weighted by Crippen LogP contribution is -2.44. The SMILES string of the molecule is O=C(NCCc1ccccn1)NC1CCC(CO)CC1. The minimum absolute atomic E-state index is 0.103. The van der Waals surface area contributed by atoms with Crippen LogP contribution in [-0.4, -0.2) is 35.3 Å². The van der Waals surface area contributed by atoms with Gasteiger partial charge in [-0.3, -0.25) is 4.98 Å². The molecular formula is C15H23N3O2. The van der Waals surface area contributed by atoms with Gasteiger partial charge >= 0.3 is 6.03 Å². The van der Waals surface area contributed by atoms with Crippen LogP contribution in [0.4, 0.5) is 4.79 Å². The van der Waals surface area contributed by atoms with Gasteiger partial charge in [-0.05, 0) is 43.7 Å². The van der Waals surface area contributed by atoms with Crippen molar-refractivity contribution in [2.75, 3.05) is 13.2 Å². The van der Waals surface area contributed by atoms with Crippen LogP contribution in [0.15, 0.2) is 24.4 Å². The van der Waals surface area contributed by atoms with E-state index in [9.17, 15) is 4.79 Å². The van der Waals surface area contributed by atoms with Gasteiger partial charge in [-0.15, -0.1) is 0 Å². The number of carbonyl (C=O) groups excluding carboxylic acids is 1. The predicted octanol–water partition coefficient (Wildman–Crippen LogP) is 1.47. The molecule has 5 heteroatoms. The standard InChI is InChI=1S/C15H23N3O2/c19-11-12-4-6-14(7-5-12)18-15(20)17-10-8-13-3-1-2-9-16-13/h1-3,9,12,14,19H,4-8,10-11H2,(H2,17,18,20). The third kappa shape index (κ3) is 4.81. The zero-order chi connectivity index (χ0) is 14.2. The Labute approximate surface area is 119 Å². The first-order valence-electron chi connectivity index (χ1n) is 7.33. The van der Waals surface area contributed by atoms with E-state index in [1.54, 1.807) is 6.20 Å². The third-order valence-electron chi connectivity index (χ3n) is 3.83. The molecular weight excluding hydrogens is 254 g/mol. The summed E-state index contributed by atoms with van der Waals surface area (Å²) in [5, 5.41) is 14.9. The normalized spacial score (nSPS) is 22.2. The van der Waals surface area contributed by atoms with Crippen LogP contribution in [0.1, 0.15) is 31.4 Å². The second-order valence-corrected chi connectivity index (χ2v) is 5.37. The van der Waals surface area contributed by atoms with E-state index in [0.717, 1.165) is 37.8 Å². The number of carbonyl (C=O) groups is 1. The summed E-state index contributed by atoms with van der Waals surface area (Å²) in [4.78, 5) is 16.0. The number of nitrogens with one attached hydrogen (secondary N) is 2. The molecule has 0 aromatic carbocycles. The molecule has 0 saturated heterocycles. The smallest absolute Gasteiger partial charge is 0.315 e. The first-order valence-corrected chi connectivity index (χ1v) is 7.33. The number of aliphatic hydroxyl groups is 1. The molecule has 5 nitrogen and oxygen atoms in total. The van der Waals surface area contributed by atoms with E-state index in [4.69, 9.17) is 5.11 Å². The summed E-state index contributed by atoms with van der Waals surface area (Å²) in [6.45, 7) is 0.859. The quantitative estimate of drug-likeness (QED) is 0.763. The van der Waals surface area contributed by atoms with Crippen molar-refractivity contribution < 1.29 is 9.90 Å². The Morgan fingerprint density at radius 2 is 2.10 bits per heavy atom. The van der Waals surface area contributed by atoms with Gasteiger partial charge < -0.3 is 15.7 Å². The number of rotatable bonds is 5. The number of nitrogens with zero attached hydrogens (tertiary/aromatic N) is 1. The van der Waals surface area contributed by atoms with Crippen LogP contribution >= 0.6 is 0 Å². The van der Waals surface area contributed by atoms with Crippen molar-refractivity contribution in [3.8, 4) is 0 Å². The van der Waals surface area contributed by atoms with Crippen LogP contribution in [0.2, 0.25) is 0 Å². The monoisotopic (exact) mass is 277 g/mol. The number of amides is 2. The minimum atomic E-state index is -0.103. The van der Waals surface area contributed by atoms with Gasteiger partial charge in [0, 0.05) is 37.5 Å². The molecule has 3 N–H and O–H groups in total. The van der Waals surface area contributed by atoms with Crippen molar-refractivity contribution in [3.05, 3.63) is 30.1 Å². The Morgan fingerprint density at radius 1 is 1.30 bits per heavy atom. The Balaban J connectivity index is 1.61. The maximum atomic E-state index is 11.8. The van der Waals surface area contributed by atoms with Crippen LogP contribution < -0.4 is 10.6 Å². The fourth-order valence-corrected chi connectivity index (χ4v) is 2.58. The summed E-state index contributed by atoms with van der Waals surface area (Å²) >= 11 is 0. The molecule has 0 unspecified atom stereocenters. The minimum Gasteiger partial charge on any atom is -0.396 e. The summed E-state index contributed by atoms with van der Waals surface area (Å²) in [5.74, 6) is 0.417. The van der Waals surface area contributed by atoms with Gasteiger partial charge in [-0.25, -0.2) is 4.79 Å². The molecule has 110 valence electrons. The molecule has 20 heavy (non-hydrogen) atoms. The van der Waals surface area contributed by atoms with Crippen molar-refractivity contribution >= 4 is 6.03 Å². The van der Waals surface area contributed by atoms with Crippen molar-refractivity contribution in [2.45, 2.75) is 38.1 Å². The average Bonchev–Trinajstić information content (AvgIpc) is 2.49. The number of hydrogen-bond acceptors (Lipinski definition) is 3. The summed E-state index contributed by atoms with van der Waals surface area (Å²) in [6.07, 6.45) is 6.41. The van der Waals surface area contributed by atoms with Crippen LogP contribution in [-0.2, 0) is 6.42 Å². The van der Waals surface area contributed by atoms with E-state index >= 15 is 0 Å². The number of urea groups is 1. The lowest BCUT2D eigenvalue weighted by molar-refractivity contribution is 0.174. The molecule has 0 spiro atoms. The zero-order valence-corrected chi connectivity index (χ0v) is 11.7. The maximum Gasteiger partial charge on any atom is 0.315 e. The molecule has 1 aliphatic rings. The van der Waals surface area contributed by atoms with Gasteiger partial charge in [0.05, 0.1) is 0 Å². The van der Waals surface area contributed by atoms with Crippen molar-refractivity contribution in [3.63, 3.8) is 0 Å². The molecule has 1 heterocycles. The first-order chi connectivity index (χ1) is 9.78. The first kappa shape index (κ1) is 14.8.